The number of carbonyl (C=O) groups excluding carboxylic acids is 3. The minimum absolute atomic E-state index is 0. The second-order valence-corrected chi connectivity index (χ2v) is 17.4. The second-order valence-electron chi connectivity index (χ2n) is 17.4. The van der Waals surface area contributed by atoms with Crippen LogP contribution in [0.15, 0.2) is 84.9 Å². The first kappa shape index (κ1) is 78.5. The molecule has 0 unspecified atom stereocenters. The molecule has 0 heterocycles. The predicted molar refractivity (Wildman–Crippen MR) is 288 cm³/mol. The summed E-state index contributed by atoms with van der Waals surface area (Å²) in [6.45, 7) is 15.5. The second kappa shape index (κ2) is 46.6. The zero-order valence-corrected chi connectivity index (χ0v) is 67.6. The van der Waals surface area contributed by atoms with Crippen LogP contribution >= 0.6 is 0 Å². The third-order valence-corrected chi connectivity index (χ3v) is 11.4. The summed E-state index contributed by atoms with van der Waals surface area (Å²) in [6.07, 6.45) is 0. The van der Waals surface area contributed by atoms with E-state index in [0.717, 1.165) is 60.7 Å². The van der Waals surface area contributed by atoms with Gasteiger partial charge in [0.15, 0.2) is 0 Å². The van der Waals surface area contributed by atoms with Gasteiger partial charge in [0.2, 0.25) is 0 Å². The number of methoxy groups -OCH3 is 3. The van der Waals surface area contributed by atoms with E-state index in [1.165, 1.54) is 0 Å². The maximum atomic E-state index is 12.2. The van der Waals surface area contributed by atoms with Gasteiger partial charge in [-0.05, 0) is 102 Å². The summed E-state index contributed by atoms with van der Waals surface area (Å²) in [5.41, 5.74) is 7.74. The van der Waals surface area contributed by atoms with Crippen LogP contribution in [0.3, 0.4) is 0 Å². The third kappa shape index (κ3) is 29.3. The van der Waals surface area contributed by atoms with E-state index < -0.39 is 18.4 Å². The molecule has 6 rings (SSSR count). The van der Waals surface area contributed by atoms with Gasteiger partial charge in [0, 0.05) is 50.1 Å². The van der Waals surface area contributed by atoms with Crippen molar-refractivity contribution in [2.75, 3.05) is 140 Å². The van der Waals surface area contributed by atoms with Gasteiger partial charge < -0.3 is 86.5 Å². The summed E-state index contributed by atoms with van der Waals surface area (Å²) in [7, 11) is 4.89. The fourth-order valence-electron chi connectivity index (χ4n) is 7.90. The smallest absolute Gasteiger partial charge is 0.554 e. The molecule has 0 spiro atoms. The van der Waals surface area contributed by atoms with Crippen molar-refractivity contribution in [2.24, 2.45) is 0 Å². The molecule has 0 aromatic heterocycles. The molecule has 424 valence electrons. The van der Waals surface area contributed by atoms with E-state index >= 15 is 0 Å². The van der Waals surface area contributed by atoms with Crippen molar-refractivity contribution in [2.45, 2.75) is 27.7 Å². The van der Waals surface area contributed by atoms with Gasteiger partial charge in [0.05, 0.1) is 111 Å². The molecular formula is C60H72Cs3O18-. The molecule has 0 atom stereocenters. The summed E-state index contributed by atoms with van der Waals surface area (Å²) in [5.74, 6) is -0.991. The maximum Gasteiger partial charge on any atom is 1.00 e. The van der Waals surface area contributed by atoms with Crippen molar-refractivity contribution in [3.63, 3.8) is 0 Å². The van der Waals surface area contributed by atoms with E-state index in [4.69, 9.17) is 66.7 Å². The molecule has 18 nitrogen and oxygen atoms in total. The number of aromatic carboxylic acids is 2. The topological polar surface area (TPSA) is 231 Å². The van der Waals surface area contributed by atoms with E-state index in [0.29, 0.717) is 123 Å². The summed E-state index contributed by atoms with van der Waals surface area (Å²) >= 11 is 0. The molecule has 0 amide bonds. The molecule has 0 fully saturated rings. The van der Waals surface area contributed by atoms with Gasteiger partial charge in [-0.2, -0.15) is 12.1 Å². The number of carboxylic acid groups (broad SMARTS) is 3. The molecule has 6 aromatic rings. The molecule has 21 heteroatoms. The van der Waals surface area contributed by atoms with Crippen molar-refractivity contribution in [3.8, 4) is 39.5 Å². The molecule has 0 radical (unpaired) electrons. The molecular weight excluding hydrogens is 1410 g/mol. The minimum atomic E-state index is -1.31. The van der Waals surface area contributed by atoms with E-state index in [-0.39, 0.29) is 237 Å². The van der Waals surface area contributed by atoms with Crippen molar-refractivity contribution >= 4 is 40.0 Å². The van der Waals surface area contributed by atoms with E-state index in [9.17, 15) is 19.8 Å². The van der Waals surface area contributed by atoms with Crippen molar-refractivity contribution in [3.05, 3.63) is 124 Å². The van der Waals surface area contributed by atoms with Crippen LogP contribution in [-0.2, 0) is 47.4 Å². The number of carboxylic acids is 2. The predicted octanol–water partition coefficient (Wildman–Crippen LogP) is -3.67. The molecule has 0 aliphatic heterocycles. The Morgan fingerprint density at radius 2 is 0.790 bits per heavy atom. The Balaban J connectivity index is 0.000000867. The first-order valence-electron chi connectivity index (χ1n) is 25.4. The Hall–Kier alpha value is -0.554. The first-order valence-corrected chi connectivity index (χ1v) is 25.4. The molecule has 0 aliphatic rings. The normalized spacial score (nSPS) is 10.5. The SMILES string of the molecule is COCCOCCOCCOc1[c-]cc(-c2cc(C)cc3c(-c4ccc(OCCOCCOCCOC)c(C(=O)[O-])c4)cc(C)cc23)cc1.COCCOCCOCCOc1cc(C)cc2c(C(=O)[O-])cc(C)cc12.O=C[O-].[Cs+].[Cs+].[Cs+]. The average molecular weight is 1480 g/mol. The van der Waals surface area contributed by atoms with Crippen LogP contribution in [0.25, 0.3) is 43.8 Å². The van der Waals surface area contributed by atoms with Crippen LogP contribution in [-0.4, -0.2) is 159 Å². The number of fused-ring (bicyclic) bond motifs is 2. The molecule has 0 saturated heterocycles. The van der Waals surface area contributed by atoms with Gasteiger partial charge in [-0.15, -0.1) is 17.7 Å². The van der Waals surface area contributed by atoms with Crippen molar-refractivity contribution in [1.82, 2.24) is 0 Å². The summed E-state index contributed by atoms with van der Waals surface area (Å²) in [5, 5.41) is 35.3. The monoisotopic (exact) mass is 1480 g/mol. The number of carbonyl (C=O) groups is 3. The van der Waals surface area contributed by atoms with E-state index in [1.807, 2.05) is 70.2 Å². The number of aryl methyl sites for hydroxylation is 4. The molecule has 0 aliphatic carbocycles. The standard InChI is InChI=1S/C39H47O10.C20H26O6.CH2O2.3Cs/c1-28-23-33(30-5-8-32(9-6-30)48-21-19-46-17-15-44-13-11-42-3)35-25-29(2)24-34(36(35)26-28)31-7-10-38(37(27-31)39(40)41)49-22-20-47-18-16-45-14-12-43-4;1-14-11-17-16(18(12-14)20(21)22)10-15(2)13-19(17)26-9-8-25-7-6-24-5-4-23-3;2-1-3;;;/h5-8,10,23-27H,11-22H2,1-4H3,(H,40,41);10-13H,4-9H2,1-3H3,(H,21,22);1H,(H,2,3);;;/q-1;;;3*+1/p-3. The summed E-state index contributed by atoms with van der Waals surface area (Å²) < 4.78 is 64.8. The van der Waals surface area contributed by atoms with Crippen molar-refractivity contribution < 1.29 is 293 Å². The number of hydrogen-bond donors (Lipinski definition) is 0. The van der Waals surface area contributed by atoms with Gasteiger partial charge in [-0.1, -0.05) is 47.5 Å². The number of rotatable bonds is 34. The molecule has 6 aromatic carbocycles. The largest absolute Gasteiger partial charge is 1.00 e. The zero-order valence-electron chi connectivity index (χ0n) is 48.7. The molecule has 81 heavy (non-hydrogen) atoms. The number of ether oxygens (including phenoxy) is 12. The maximum absolute atomic E-state index is 12.2. The Labute approximate surface area is 652 Å². The fourth-order valence-corrected chi connectivity index (χ4v) is 7.90. The Morgan fingerprint density at radius 3 is 1.23 bits per heavy atom. The van der Waals surface area contributed by atoms with Crippen molar-refractivity contribution in [1.29, 1.82) is 0 Å². The number of hydrogen-bond acceptors (Lipinski definition) is 18. The minimum Gasteiger partial charge on any atom is -0.554 e. The number of benzene rings is 6. The van der Waals surface area contributed by atoms with Crippen LogP contribution in [0.4, 0.5) is 0 Å². The Bertz CT molecular complexity index is 2760. The van der Waals surface area contributed by atoms with E-state index in [2.05, 4.69) is 30.3 Å². The fraction of sp³-hybridized carbons (Fsp3) is 0.417. The Kier molecular flexibility index (Phi) is 45.1. The van der Waals surface area contributed by atoms with Gasteiger partial charge in [-0.25, -0.2) is 0 Å². The van der Waals surface area contributed by atoms with Gasteiger partial charge in [0.1, 0.15) is 31.3 Å². The zero-order chi connectivity index (χ0) is 56.5. The van der Waals surface area contributed by atoms with Crippen LogP contribution in [0.2, 0.25) is 0 Å². The van der Waals surface area contributed by atoms with E-state index in [1.54, 1.807) is 39.5 Å². The summed E-state index contributed by atoms with van der Waals surface area (Å²) in [4.78, 5) is 31.9. The quantitative estimate of drug-likeness (QED) is 0.0215. The van der Waals surface area contributed by atoms with Gasteiger partial charge in [0.25, 0.3) is 0 Å². The van der Waals surface area contributed by atoms with Crippen LogP contribution in [0.1, 0.15) is 43.0 Å². The first-order chi connectivity index (χ1) is 37.8. The third-order valence-electron chi connectivity index (χ3n) is 11.4. The molecule has 0 N–H and O–H groups in total. The molecule has 0 saturated carbocycles. The van der Waals surface area contributed by atoms with Crippen LogP contribution in [0.5, 0.6) is 17.2 Å². The molecule has 0 bridgehead atoms. The average Bonchev–Trinajstić information content (AvgIpc) is 3.42. The van der Waals surface area contributed by atoms with Gasteiger partial charge in [-0.3, -0.25) is 0 Å². The summed E-state index contributed by atoms with van der Waals surface area (Å²) in [6, 6.07) is 30.0. The van der Waals surface area contributed by atoms with Gasteiger partial charge >= 0.3 is 207 Å². The Morgan fingerprint density at radius 1 is 0.420 bits per heavy atom. The van der Waals surface area contributed by atoms with Crippen LogP contribution < -0.4 is 236 Å². The van der Waals surface area contributed by atoms with Crippen LogP contribution in [0, 0.1) is 33.8 Å².